The Bertz CT molecular complexity index is 1090. The van der Waals surface area contributed by atoms with Crippen molar-refractivity contribution in [3.8, 4) is 0 Å². The average molecular weight is 539 g/mol. The van der Waals surface area contributed by atoms with Crippen LogP contribution in [-0.2, 0) is 5.16 Å². The lowest BCUT2D eigenvalue weighted by molar-refractivity contribution is 0.424. The summed E-state index contributed by atoms with van der Waals surface area (Å²) in [6.45, 7) is 28.7. The summed E-state index contributed by atoms with van der Waals surface area (Å²) in [5, 5.41) is -0.197. The minimum atomic E-state index is -0.631. The maximum absolute atomic E-state index is 4.85. The summed E-state index contributed by atoms with van der Waals surface area (Å²) in [6.07, 6.45) is 14.4. The van der Waals surface area contributed by atoms with Crippen molar-refractivity contribution in [3.63, 3.8) is 0 Å². The summed E-state index contributed by atoms with van der Waals surface area (Å²) in [5.41, 5.74) is 6.12. The van der Waals surface area contributed by atoms with E-state index in [1.165, 1.54) is 11.1 Å². The Kier molecular flexibility index (Phi) is 8.31. The van der Waals surface area contributed by atoms with Crippen LogP contribution in [0.5, 0.6) is 0 Å². The molecule has 4 nitrogen and oxygen atoms in total. The number of hydrogen-bond acceptors (Lipinski definition) is 4. The van der Waals surface area contributed by atoms with Gasteiger partial charge < -0.3 is 0 Å². The monoisotopic (exact) mass is 538 g/mol. The van der Waals surface area contributed by atoms with Crippen LogP contribution in [0, 0.1) is 16.7 Å². The molecule has 3 rings (SSSR count). The molecule has 6 heteroatoms. The van der Waals surface area contributed by atoms with Gasteiger partial charge in [-0.05, 0) is 38.5 Å². The number of aromatic nitrogens is 4. The molecule has 2 atom stereocenters. The molecule has 0 saturated carbocycles. The number of allylic oxidation sites excluding steroid dienone is 4. The second-order valence-corrected chi connectivity index (χ2v) is 19.2. The van der Waals surface area contributed by atoms with Gasteiger partial charge in [-0.15, -0.1) is 9.24 Å². The predicted octanol–water partition coefficient (Wildman–Crippen LogP) is 8.41. The first kappa shape index (κ1) is 30.0. The maximum atomic E-state index is 4.85. The average Bonchev–Trinajstić information content (AvgIpc) is 3.17. The second kappa shape index (κ2) is 10.2. The zero-order chi connectivity index (χ0) is 28.0. The molecule has 1 aliphatic carbocycles. The van der Waals surface area contributed by atoms with E-state index in [1.807, 2.05) is 12.4 Å². The van der Waals surface area contributed by atoms with Crippen LogP contribution in [0.2, 0.25) is 0 Å². The van der Waals surface area contributed by atoms with Gasteiger partial charge in [-0.1, -0.05) is 103 Å². The van der Waals surface area contributed by atoms with Crippen LogP contribution >= 0.6 is 17.2 Å². The molecule has 0 fully saturated rings. The van der Waals surface area contributed by atoms with E-state index < -0.39 is 5.16 Å². The van der Waals surface area contributed by atoms with Gasteiger partial charge in [0.2, 0.25) is 0 Å². The van der Waals surface area contributed by atoms with E-state index in [4.69, 9.17) is 9.97 Å². The first-order valence-corrected chi connectivity index (χ1v) is 15.5. The lowest BCUT2D eigenvalue weighted by Crippen LogP contribution is -2.35. The van der Waals surface area contributed by atoms with Crippen LogP contribution in [-0.4, -0.2) is 36.4 Å². The minimum absolute atomic E-state index is 0.00510. The van der Waals surface area contributed by atoms with Crippen molar-refractivity contribution in [2.75, 3.05) is 6.16 Å². The van der Waals surface area contributed by atoms with Crippen molar-refractivity contribution < 1.29 is 0 Å². The van der Waals surface area contributed by atoms with Crippen molar-refractivity contribution in [3.05, 3.63) is 71.4 Å². The molecule has 0 saturated heterocycles. The summed E-state index contributed by atoms with van der Waals surface area (Å²) >= 11 is 0. The van der Waals surface area contributed by atoms with E-state index in [-0.39, 0.29) is 35.0 Å². The van der Waals surface area contributed by atoms with Crippen LogP contribution in [0.15, 0.2) is 60.0 Å². The molecule has 0 aromatic carbocycles. The van der Waals surface area contributed by atoms with Gasteiger partial charge in [0.1, 0.15) is 0 Å². The Morgan fingerprint density at radius 2 is 1.16 bits per heavy atom. The Labute approximate surface area is 229 Å². The van der Waals surface area contributed by atoms with Gasteiger partial charge >= 0.3 is 0 Å². The second-order valence-electron chi connectivity index (χ2n) is 14.4. The third-order valence-electron chi connectivity index (χ3n) is 7.30. The molecule has 37 heavy (non-hydrogen) atoms. The minimum Gasteiger partial charge on any atom is -0.261 e. The van der Waals surface area contributed by atoms with E-state index in [2.05, 4.69) is 108 Å². The molecule has 2 heterocycles. The number of nitrogens with zero attached hydrogens (tertiary/aromatic N) is 4. The number of hydrogen-bond donors (Lipinski definition) is 0. The smallest absolute Gasteiger partial charge is 0.0933 e. The topological polar surface area (TPSA) is 51.6 Å². The molecule has 1 aliphatic rings. The molecule has 0 amide bonds. The molecular weight excluding hydrogens is 490 g/mol. The van der Waals surface area contributed by atoms with Crippen LogP contribution in [0.1, 0.15) is 94.5 Å². The summed E-state index contributed by atoms with van der Waals surface area (Å²) in [7, 11) is 2.81. The highest BCUT2D eigenvalue weighted by Gasteiger charge is 2.50. The van der Waals surface area contributed by atoms with Crippen molar-refractivity contribution >= 4 is 17.2 Å². The van der Waals surface area contributed by atoms with E-state index in [0.717, 1.165) is 17.5 Å². The van der Waals surface area contributed by atoms with Crippen LogP contribution in [0.3, 0.4) is 0 Å². The maximum Gasteiger partial charge on any atom is 0.0933 e. The van der Waals surface area contributed by atoms with E-state index in [1.54, 1.807) is 30.4 Å². The Morgan fingerprint density at radius 3 is 1.49 bits per heavy atom. The highest BCUT2D eigenvalue weighted by Crippen LogP contribution is 2.65. The summed E-state index contributed by atoms with van der Waals surface area (Å²) in [6, 6.07) is 0. The summed E-state index contributed by atoms with van der Waals surface area (Å²) in [5.74, 6) is 0.264. The molecular formula is C31H48N4P2. The molecule has 2 aromatic rings. The summed E-state index contributed by atoms with van der Waals surface area (Å²) in [4.78, 5) is 18.7. The Balaban J connectivity index is 2.38. The molecule has 0 N–H and O–H groups in total. The van der Waals surface area contributed by atoms with Crippen molar-refractivity contribution in [1.82, 2.24) is 19.9 Å². The van der Waals surface area contributed by atoms with Crippen molar-refractivity contribution in [2.24, 2.45) is 16.7 Å². The molecule has 0 spiro atoms. The quantitative estimate of drug-likeness (QED) is 0.359. The summed E-state index contributed by atoms with van der Waals surface area (Å²) < 4.78 is 0. The third kappa shape index (κ3) is 6.23. The van der Waals surface area contributed by atoms with Crippen molar-refractivity contribution in [2.45, 2.75) is 98.6 Å². The van der Waals surface area contributed by atoms with Gasteiger partial charge in [0.15, 0.2) is 0 Å². The van der Waals surface area contributed by atoms with Crippen LogP contribution in [0.25, 0.3) is 0 Å². The lowest BCUT2D eigenvalue weighted by atomic mass is 9.72. The predicted molar refractivity (Wildman–Crippen MR) is 163 cm³/mol. The van der Waals surface area contributed by atoms with Gasteiger partial charge in [0.05, 0.1) is 28.9 Å². The Morgan fingerprint density at radius 1 is 0.703 bits per heavy atom. The first-order chi connectivity index (χ1) is 16.8. The fourth-order valence-corrected chi connectivity index (χ4v) is 10.4. The highest BCUT2D eigenvalue weighted by molar-refractivity contribution is 7.60. The van der Waals surface area contributed by atoms with E-state index in [9.17, 15) is 0 Å². The zero-order valence-electron chi connectivity index (χ0n) is 25.1. The molecule has 202 valence electrons. The molecule has 0 radical (unpaired) electrons. The third-order valence-corrected chi connectivity index (χ3v) is 12.2. The Hall–Kier alpha value is -1.50. The molecule has 2 unspecified atom stereocenters. The highest BCUT2D eigenvalue weighted by atomic mass is 31.1. The SMILES string of the molecule is CC(C)(C)C1=C(C(C)(C)C)C(CP(C(C)(C)C)C(C)(C)C)C(C(P)(c2cnccn2)c2cnccn2)=C1. The standard InChI is InChI=1S/C31H48N4P2/c1-27(2,3)23-17-22(31(36,24-18-32-13-15-34-24)25-19-33-14-16-35-25)21(26(23)28(4,5)6)20-37(29(7,8)9)30(10,11)12/h13-19,21H,20,36H2,1-12H3. The fourth-order valence-electron chi connectivity index (χ4n) is 5.97. The van der Waals surface area contributed by atoms with E-state index in [0.29, 0.717) is 0 Å². The normalized spacial score (nSPS) is 18.0. The van der Waals surface area contributed by atoms with Crippen molar-refractivity contribution in [1.29, 1.82) is 0 Å². The number of rotatable bonds is 5. The van der Waals surface area contributed by atoms with Gasteiger partial charge in [0, 0.05) is 30.7 Å². The fraction of sp³-hybridized carbons (Fsp3) is 0.613. The van der Waals surface area contributed by atoms with E-state index >= 15 is 0 Å². The molecule has 0 aliphatic heterocycles. The lowest BCUT2D eigenvalue weighted by Gasteiger charge is -2.46. The van der Waals surface area contributed by atoms with Gasteiger partial charge in [-0.2, -0.15) is 0 Å². The van der Waals surface area contributed by atoms with Crippen LogP contribution < -0.4 is 0 Å². The van der Waals surface area contributed by atoms with Gasteiger partial charge in [-0.3, -0.25) is 19.9 Å². The molecule has 0 bridgehead atoms. The van der Waals surface area contributed by atoms with Gasteiger partial charge in [0.25, 0.3) is 0 Å². The van der Waals surface area contributed by atoms with Crippen LogP contribution in [0.4, 0.5) is 0 Å². The largest absolute Gasteiger partial charge is 0.261 e. The first-order valence-electron chi connectivity index (χ1n) is 13.4. The van der Waals surface area contributed by atoms with Gasteiger partial charge in [-0.25, -0.2) is 0 Å². The molecule has 2 aromatic heterocycles. The zero-order valence-corrected chi connectivity index (χ0v) is 27.2.